The summed E-state index contributed by atoms with van der Waals surface area (Å²) in [5, 5.41) is 8.94. The second-order valence-corrected chi connectivity index (χ2v) is 5.55. The number of nitrogens with zero attached hydrogens (tertiary/aromatic N) is 1. The minimum atomic E-state index is -0.208. The van der Waals surface area contributed by atoms with Crippen LogP contribution in [0.3, 0.4) is 0 Å². The molecule has 6 nitrogen and oxygen atoms in total. The van der Waals surface area contributed by atoms with Crippen molar-refractivity contribution in [1.82, 2.24) is 10.3 Å². The predicted octanol–water partition coefficient (Wildman–Crippen LogP) is 3.33. The molecule has 0 atom stereocenters. The summed E-state index contributed by atoms with van der Waals surface area (Å²) < 4.78 is 5.32. The van der Waals surface area contributed by atoms with E-state index in [9.17, 15) is 4.79 Å². The van der Waals surface area contributed by atoms with E-state index in [0.717, 1.165) is 41.2 Å². The molecule has 0 unspecified atom stereocenters. The number of methoxy groups -OCH3 is 1. The molecule has 0 saturated heterocycles. The summed E-state index contributed by atoms with van der Waals surface area (Å²) in [6.07, 6.45) is 4.33. The molecule has 1 aromatic carbocycles. The molecular weight excluding hydrogens is 304 g/mol. The molecular formula is C18H24N4O2. The number of benzene rings is 1. The van der Waals surface area contributed by atoms with Gasteiger partial charge in [0.2, 0.25) is 0 Å². The molecule has 6 heteroatoms. The van der Waals surface area contributed by atoms with Gasteiger partial charge < -0.3 is 20.7 Å². The topological polar surface area (TPSA) is 75.3 Å². The average molecular weight is 328 g/mol. The monoisotopic (exact) mass is 328 g/mol. The first kappa shape index (κ1) is 17.6. The Hall–Kier alpha value is -2.76. The molecule has 128 valence electrons. The number of carbonyl (C=O) groups is 1. The quantitative estimate of drug-likeness (QED) is 0.682. The van der Waals surface area contributed by atoms with Gasteiger partial charge in [0, 0.05) is 31.2 Å². The number of aryl methyl sites for hydroxylation is 2. The summed E-state index contributed by atoms with van der Waals surface area (Å²) >= 11 is 0. The van der Waals surface area contributed by atoms with Crippen LogP contribution in [-0.4, -0.2) is 31.2 Å². The zero-order valence-corrected chi connectivity index (χ0v) is 14.3. The second-order valence-electron chi connectivity index (χ2n) is 5.55. The summed E-state index contributed by atoms with van der Waals surface area (Å²) in [4.78, 5) is 16.0. The predicted molar refractivity (Wildman–Crippen MR) is 96.8 cm³/mol. The highest BCUT2D eigenvalue weighted by Crippen LogP contribution is 2.26. The number of urea groups is 1. The van der Waals surface area contributed by atoms with Crippen molar-refractivity contribution in [3.05, 3.63) is 47.8 Å². The van der Waals surface area contributed by atoms with Gasteiger partial charge in [-0.05, 0) is 55.7 Å². The Morgan fingerprint density at radius 2 is 1.92 bits per heavy atom. The minimum absolute atomic E-state index is 0.208. The fourth-order valence-corrected chi connectivity index (χ4v) is 2.51. The number of anilines is 2. The minimum Gasteiger partial charge on any atom is -0.496 e. The molecule has 0 fully saturated rings. The first-order valence-corrected chi connectivity index (χ1v) is 7.94. The fourth-order valence-electron chi connectivity index (χ4n) is 2.51. The van der Waals surface area contributed by atoms with Gasteiger partial charge in [0.05, 0.1) is 12.8 Å². The Morgan fingerprint density at radius 1 is 1.17 bits per heavy atom. The number of aromatic nitrogens is 1. The Kier molecular flexibility index (Phi) is 6.42. The standard InChI is InChI=1S/C18H24N4O2/c1-13-10-16(11-14(2)17(13)24-3)22-18(23)21-9-5-8-20-15-6-4-7-19-12-15/h4,6-7,10-12,20H,5,8-9H2,1-3H3,(H2,21,22,23). The third-order valence-corrected chi connectivity index (χ3v) is 3.55. The van der Waals surface area contributed by atoms with Crippen LogP contribution in [0.5, 0.6) is 5.75 Å². The van der Waals surface area contributed by atoms with Gasteiger partial charge in [-0.1, -0.05) is 0 Å². The molecule has 3 N–H and O–H groups in total. The number of ether oxygens (including phenoxy) is 1. The van der Waals surface area contributed by atoms with Crippen LogP contribution in [0.15, 0.2) is 36.7 Å². The maximum atomic E-state index is 11.9. The molecule has 0 aliphatic rings. The van der Waals surface area contributed by atoms with Crippen LogP contribution in [0.2, 0.25) is 0 Å². The van der Waals surface area contributed by atoms with Crippen molar-refractivity contribution in [3.63, 3.8) is 0 Å². The van der Waals surface area contributed by atoms with Crippen LogP contribution in [0.1, 0.15) is 17.5 Å². The lowest BCUT2D eigenvalue weighted by Gasteiger charge is -2.13. The molecule has 0 bridgehead atoms. The summed E-state index contributed by atoms with van der Waals surface area (Å²) in [6, 6.07) is 7.43. The second kappa shape index (κ2) is 8.76. The van der Waals surface area contributed by atoms with Gasteiger partial charge in [-0.2, -0.15) is 0 Å². The third kappa shape index (κ3) is 5.15. The first-order chi connectivity index (χ1) is 11.6. The van der Waals surface area contributed by atoms with Gasteiger partial charge in [-0.3, -0.25) is 4.98 Å². The molecule has 0 saturated carbocycles. The van der Waals surface area contributed by atoms with E-state index < -0.39 is 0 Å². The summed E-state index contributed by atoms with van der Waals surface area (Å²) in [5.74, 6) is 0.849. The van der Waals surface area contributed by atoms with Crippen molar-refractivity contribution in [1.29, 1.82) is 0 Å². The van der Waals surface area contributed by atoms with Gasteiger partial charge in [-0.15, -0.1) is 0 Å². The van der Waals surface area contributed by atoms with E-state index >= 15 is 0 Å². The van der Waals surface area contributed by atoms with E-state index in [1.807, 2.05) is 38.1 Å². The van der Waals surface area contributed by atoms with Gasteiger partial charge >= 0.3 is 6.03 Å². The number of nitrogens with one attached hydrogen (secondary N) is 3. The lowest BCUT2D eigenvalue weighted by atomic mass is 10.1. The molecule has 2 amide bonds. The van der Waals surface area contributed by atoms with E-state index in [0.29, 0.717) is 6.54 Å². The lowest BCUT2D eigenvalue weighted by molar-refractivity contribution is 0.252. The Bertz CT molecular complexity index is 651. The molecule has 1 heterocycles. The van der Waals surface area contributed by atoms with Gasteiger partial charge in [-0.25, -0.2) is 4.79 Å². The molecule has 0 aliphatic carbocycles. The van der Waals surface area contributed by atoms with Gasteiger partial charge in [0.25, 0.3) is 0 Å². The van der Waals surface area contributed by atoms with Crippen molar-refractivity contribution in [2.45, 2.75) is 20.3 Å². The van der Waals surface area contributed by atoms with E-state index in [4.69, 9.17) is 4.74 Å². The normalized spacial score (nSPS) is 10.1. The number of pyridine rings is 1. The highest BCUT2D eigenvalue weighted by molar-refractivity contribution is 5.89. The van der Waals surface area contributed by atoms with Crippen molar-refractivity contribution in [2.75, 3.05) is 30.8 Å². The number of amides is 2. The van der Waals surface area contributed by atoms with Crippen molar-refractivity contribution >= 4 is 17.4 Å². The smallest absolute Gasteiger partial charge is 0.319 e. The molecule has 2 aromatic rings. The van der Waals surface area contributed by atoms with Crippen LogP contribution >= 0.6 is 0 Å². The van der Waals surface area contributed by atoms with Gasteiger partial charge in [0.1, 0.15) is 5.75 Å². The average Bonchev–Trinajstić information content (AvgIpc) is 2.55. The van der Waals surface area contributed by atoms with Crippen LogP contribution in [0.25, 0.3) is 0 Å². The summed E-state index contributed by atoms with van der Waals surface area (Å²) in [7, 11) is 1.65. The lowest BCUT2D eigenvalue weighted by Crippen LogP contribution is -2.30. The molecule has 0 radical (unpaired) electrons. The van der Waals surface area contributed by atoms with Crippen molar-refractivity contribution in [3.8, 4) is 5.75 Å². The Balaban J connectivity index is 1.72. The van der Waals surface area contributed by atoms with E-state index in [1.165, 1.54) is 0 Å². The van der Waals surface area contributed by atoms with Gasteiger partial charge in [0.15, 0.2) is 0 Å². The highest BCUT2D eigenvalue weighted by atomic mass is 16.5. The van der Waals surface area contributed by atoms with Crippen LogP contribution in [0.4, 0.5) is 16.2 Å². The Labute approximate surface area is 142 Å². The molecule has 0 spiro atoms. The SMILES string of the molecule is COc1c(C)cc(NC(=O)NCCCNc2cccnc2)cc1C. The summed E-state index contributed by atoms with van der Waals surface area (Å²) in [5.41, 5.74) is 3.73. The maximum Gasteiger partial charge on any atom is 0.319 e. The zero-order valence-electron chi connectivity index (χ0n) is 14.3. The molecule has 0 aliphatic heterocycles. The summed E-state index contributed by atoms with van der Waals surface area (Å²) in [6.45, 7) is 5.28. The van der Waals surface area contributed by atoms with Crippen LogP contribution in [0, 0.1) is 13.8 Å². The number of carbonyl (C=O) groups excluding carboxylic acids is 1. The van der Waals surface area contributed by atoms with E-state index in [1.54, 1.807) is 19.5 Å². The number of rotatable bonds is 7. The highest BCUT2D eigenvalue weighted by Gasteiger charge is 2.07. The Morgan fingerprint density at radius 3 is 2.54 bits per heavy atom. The molecule has 2 rings (SSSR count). The van der Waals surface area contributed by atoms with Crippen molar-refractivity contribution < 1.29 is 9.53 Å². The first-order valence-electron chi connectivity index (χ1n) is 7.94. The molecule has 24 heavy (non-hydrogen) atoms. The van der Waals surface area contributed by atoms with Crippen LogP contribution in [-0.2, 0) is 0 Å². The zero-order chi connectivity index (χ0) is 17.4. The van der Waals surface area contributed by atoms with Crippen molar-refractivity contribution in [2.24, 2.45) is 0 Å². The largest absolute Gasteiger partial charge is 0.496 e. The maximum absolute atomic E-state index is 11.9. The number of hydrogen-bond donors (Lipinski definition) is 3. The third-order valence-electron chi connectivity index (χ3n) is 3.55. The van der Waals surface area contributed by atoms with E-state index in [2.05, 4.69) is 20.9 Å². The van der Waals surface area contributed by atoms with E-state index in [-0.39, 0.29) is 6.03 Å². The fraction of sp³-hybridized carbons (Fsp3) is 0.333. The number of hydrogen-bond acceptors (Lipinski definition) is 4. The van der Waals surface area contributed by atoms with Crippen LogP contribution < -0.4 is 20.7 Å². The molecule has 1 aromatic heterocycles.